The molecule has 7 heteroatoms. The van der Waals surface area contributed by atoms with E-state index in [1.165, 1.54) is 12.1 Å². The standard InChI is InChI=1S/C19H22N2O5/c1-4-25-12-15-10-14(7-9-18(15)26-5-2)19(22)20-17-11-16(21(23)24)8-6-13(17)3/h6-11H,4-5,12H2,1-3H3,(H,20,22). The molecule has 0 saturated carbocycles. The van der Waals surface area contributed by atoms with Crippen molar-refractivity contribution in [3.05, 3.63) is 63.2 Å². The van der Waals surface area contributed by atoms with Crippen molar-refractivity contribution in [1.82, 2.24) is 0 Å². The zero-order valence-corrected chi connectivity index (χ0v) is 15.1. The maximum absolute atomic E-state index is 12.6. The number of nitrogens with one attached hydrogen (secondary N) is 1. The third-order valence-electron chi connectivity index (χ3n) is 3.76. The second-order valence-corrected chi connectivity index (χ2v) is 5.60. The number of hydrogen-bond donors (Lipinski definition) is 1. The second kappa shape index (κ2) is 8.96. The van der Waals surface area contributed by atoms with Gasteiger partial charge in [0.05, 0.1) is 23.8 Å². The number of anilines is 1. The maximum atomic E-state index is 12.6. The Kier molecular flexibility index (Phi) is 6.68. The van der Waals surface area contributed by atoms with Gasteiger partial charge in [-0.05, 0) is 44.5 Å². The van der Waals surface area contributed by atoms with E-state index in [1.807, 2.05) is 13.8 Å². The summed E-state index contributed by atoms with van der Waals surface area (Å²) < 4.78 is 11.0. The van der Waals surface area contributed by atoms with E-state index in [0.717, 1.165) is 11.1 Å². The van der Waals surface area contributed by atoms with Gasteiger partial charge in [0, 0.05) is 29.9 Å². The lowest BCUT2D eigenvalue weighted by Gasteiger charge is -2.13. The van der Waals surface area contributed by atoms with Gasteiger partial charge in [-0.1, -0.05) is 6.07 Å². The first-order valence-corrected chi connectivity index (χ1v) is 8.36. The Balaban J connectivity index is 2.26. The molecule has 0 aliphatic rings. The molecule has 138 valence electrons. The van der Waals surface area contributed by atoms with Gasteiger partial charge < -0.3 is 14.8 Å². The molecule has 0 radical (unpaired) electrons. The minimum atomic E-state index is -0.494. The Labute approximate surface area is 152 Å². The smallest absolute Gasteiger partial charge is 0.271 e. The molecule has 2 aromatic rings. The number of nitrogens with zero attached hydrogens (tertiary/aromatic N) is 1. The van der Waals surface area contributed by atoms with E-state index in [4.69, 9.17) is 9.47 Å². The number of aryl methyl sites for hydroxylation is 1. The minimum absolute atomic E-state index is 0.0744. The summed E-state index contributed by atoms with van der Waals surface area (Å²) in [5.74, 6) is 0.318. The van der Waals surface area contributed by atoms with Crippen molar-refractivity contribution in [1.29, 1.82) is 0 Å². The highest BCUT2D eigenvalue weighted by atomic mass is 16.6. The van der Waals surface area contributed by atoms with Crippen LogP contribution in [0.3, 0.4) is 0 Å². The van der Waals surface area contributed by atoms with Crippen LogP contribution in [0.4, 0.5) is 11.4 Å². The van der Waals surface area contributed by atoms with Crippen LogP contribution in [-0.4, -0.2) is 24.0 Å². The molecule has 0 bridgehead atoms. The van der Waals surface area contributed by atoms with E-state index >= 15 is 0 Å². The van der Waals surface area contributed by atoms with Crippen LogP contribution in [0, 0.1) is 17.0 Å². The Morgan fingerprint density at radius 1 is 1.15 bits per heavy atom. The molecule has 0 heterocycles. The van der Waals surface area contributed by atoms with E-state index in [9.17, 15) is 14.9 Å². The summed E-state index contributed by atoms with van der Waals surface area (Å²) >= 11 is 0. The van der Waals surface area contributed by atoms with E-state index < -0.39 is 4.92 Å². The summed E-state index contributed by atoms with van der Waals surface area (Å²) in [6.07, 6.45) is 0. The Morgan fingerprint density at radius 3 is 2.58 bits per heavy atom. The highest BCUT2D eigenvalue weighted by molar-refractivity contribution is 6.05. The summed E-state index contributed by atoms with van der Waals surface area (Å²) in [6, 6.07) is 9.45. The Hall–Kier alpha value is -2.93. The van der Waals surface area contributed by atoms with Gasteiger partial charge in [-0.2, -0.15) is 0 Å². The van der Waals surface area contributed by atoms with Gasteiger partial charge in [0.25, 0.3) is 11.6 Å². The van der Waals surface area contributed by atoms with Crippen LogP contribution in [0.5, 0.6) is 5.75 Å². The second-order valence-electron chi connectivity index (χ2n) is 5.60. The Morgan fingerprint density at radius 2 is 1.92 bits per heavy atom. The van der Waals surface area contributed by atoms with Crippen molar-refractivity contribution in [3.8, 4) is 5.75 Å². The highest BCUT2D eigenvalue weighted by Crippen LogP contribution is 2.25. The molecule has 1 N–H and O–H groups in total. The quantitative estimate of drug-likeness (QED) is 0.567. The number of ether oxygens (including phenoxy) is 2. The van der Waals surface area contributed by atoms with Gasteiger partial charge in [-0.25, -0.2) is 0 Å². The zero-order chi connectivity index (χ0) is 19.1. The van der Waals surface area contributed by atoms with Crippen LogP contribution in [-0.2, 0) is 11.3 Å². The number of amides is 1. The van der Waals surface area contributed by atoms with Crippen LogP contribution in [0.1, 0.15) is 35.3 Å². The van der Waals surface area contributed by atoms with Crippen molar-refractivity contribution in [3.63, 3.8) is 0 Å². The fourth-order valence-corrected chi connectivity index (χ4v) is 2.39. The molecule has 0 atom stereocenters. The van der Waals surface area contributed by atoms with Crippen molar-refractivity contribution in [2.24, 2.45) is 0 Å². The van der Waals surface area contributed by atoms with Crippen molar-refractivity contribution < 1.29 is 19.2 Å². The van der Waals surface area contributed by atoms with Crippen molar-refractivity contribution >= 4 is 17.3 Å². The molecule has 0 aromatic heterocycles. The fraction of sp³-hybridized carbons (Fsp3) is 0.316. The summed E-state index contributed by atoms with van der Waals surface area (Å²) in [6.45, 7) is 6.95. The summed E-state index contributed by atoms with van der Waals surface area (Å²) in [4.78, 5) is 23.0. The summed E-state index contributed by atoms with van der Waals surface area (Å²) in [5, 5.41) is 13.7. The number of nitro benzene ring substituents is 1. The first-order valence-electron chi connectivity index (χ1n) is 8.36. The molecule has 0 fully saturated rings. The van der Waals surface area contributed by atoms with E-state index in [0.29, 0.717) is 36.8 Å². The van der Waals surface area contributed by atoms with Crippen LogP contribution in [0.25, 0.3) is 0 Å². The highest BCUT2D eigenvalue weighted by Gasteiger charge is 2.14. The molecular formula is C19H22N2O5. The number of non-ortho nitro benzene ring substituents is 1. The minimum Gasteiger partial charge on any atom is -0.494 e. The molecule has 0 unspecified atom stereocenters. The molecule has 0 spiro atoms. The average molecular weight is 358 g/mol. The van der Waals surface area contributed by atoms with Crippen LogP contribution < -0.4 is 10.1 Å². The molecule has 26 heavy (non-hydrogen) atoms. The van der Waals surface area contributed by atoms with Gasteiger partial charge in [0.1, 0.15) is 5.75 Å². The van der Waals surface area contributed by atoms with Gasteiger partial charge in [-0.15, -0.1) is 0 Å². The summed E-state index contributed by atoms with van der Waals surface area (Å²) in [5.41, 5.74) is 2.27. The van der Waals surface area contributed by atoms with Gasteiger partial charge in [-0.3, -0.25) is 14.9 Å². The number of carbonyl (C=O) groups is 1. The van der Waals surface area contributed by atoms with Crippen LogP contribution >= 0.6 is 0 Å². The van der Waals surface area contributed by atoms with Crippen molar-refractivity contribution in [2.75, 3.05) is 18.5 Å². The van der Waals surface area contributed by atoms with Gasteiger partial charge >= 0.3 is 0 Å². The Bertz CT molecular complexity index is 805. The lowest BCUT2D eigenvalue weighted by atomic mass is 10.1. The van der Waals surface area contributed by atoms with E-state index in [2.05, 4.69) is 5.32 Å². The number of carbonyl (C=O) groups excluding carboxylic acids is 1. The fourth-order valence-electron chi connectivity index (χ4n) is 2.39. The molecule has 2 aromatic carbocycles. The third-order valence-corrected chi connectivity index (χ3v) is 3.76. The average Bonchev–Trinajstić information content (AvgIpc) is 2.62. The van der Waals surface area contributed by atoms with Gasteiger partial charge in [0.2, 0.25) is 0 Å². The predicted octanol–water partition coefficient (Wildman–Crippen LogP) is 4.09. The molecular weight excluding hydrogens is 336 g/mol. The lowest BCUT2D eigenvalue weighted by Crippen LogP contribution is -2.14. The number of benzene rings is 2. The predicted molar refractivity (Wildman–Crippen MR) is 98.7 cm³/mol. The topological polar surface area (TPSA) is 90.7 Å². The van der Waals surface area contributed by atoms with Crippen LogP contribution in [0.2, 0.25) is 0 Å². The number of rotatable bonds is 8. The zero-order valence-electron chi connectivity index (χ0n) is 15.1. The van der Waals surface area contributed by atoms with E-state index in [-0.39, 0.29) is 11.6 Å². The SMILES string of the molecule is CCOCc1cc(C(=O)Nc2cc([N+](=O)[O-])ccc2C)ccc1OCC. The largest absolute Gasteiger partial charge is 0.494 e. The summed E-state index contributed by atoms with van der Waals surface area (Å²) in [7, 11) is 0. The maximum Gasteiger partial charge on any atom is 0.271 e. The van der Waals surface area contributed by atoms with Crippen LogP contribution in [0.15, 0.2) is 36.4 Å². The number of nitro groups is 1. The normalized spacial score (nSPS) is 10.4. The first kappa shape index (κ1) is 19.4. The third kappa shape index (κ3) is 4.80. The number of hydrogen-bond acceptors (Lipinski definition) is 5. The van der Waals surface area contributed by atoms with E-state index in [1.54, 1.807) is 31.2 Å². The molecule has 1 amide bonds. The lowest BCUT2D eigenvalue weighted by molar-refractivity contribution is -0.384. The molecule has 0 aliphatic carbocycles. The van der Waals surface area contributed by atoms with Gasteiger partial charge in [0.15, 0.2) is 0 Å². The monoisotopic (exact) mass is 358 g/mol. The molecule has 0 aliphatic heterocycles. The van der Waals surface area contributed by atoms with Crippen molar-refractivity contribution in [2.45, 2.75) is 27.4 Å². The first-order chi connectivity index (χ1) is 12.5. The molecule has 0 saturated heterocycles. The molecule has 7 nitrogen and oxygen atoms in total. The molecule has 2 rings (SSSR count).